The maximum absolute atomic E-state index is 9.03. The Bertz CT molecular complexity index is 693. The summed E-state index contributed by atoms with van der Waals surface area (Å²) in [5, 5.41) is 18.3. The predicted molar refractivity (Wildman–Crippen MR) is 76.0 cm³/mol. The predicted octanol–water partition coefficient (Wildman–Crippen LogP) is 3.27. The van der Waals surface area contributed by atoms with Crippen LogP contribution in [0, 0.1) is 0 Å². The second-order valence-electron chi connectivity index (χ2n) is 4.13. The van der Waals surface area contributed by atoms with Crippen molar-refractivity contribution in [1.29, 1.82) is 0 Å². The molecule has 0 radical (unpaired) electrons. The van der Waals surface area contributed by atoms with Gasteiger partial charge in [0.05, 0.1) is 18.3 Å². The Kier molecular flexibility index (Phi) is 3.44. The number of nitrogens with zero attached hydrogens (tertiary/aromatic N) is 2. The highest BCUT2D eigenvalue weighted by Gasteiger charge is 2.04. The lowest BCUT2D eigenvalue weighted by Gasteiger charge is -2.05. The standard InChI is InChI=1S/C15H12N2OS/c18-10-11-5-7-12(8-6-11)19-15-9-16-17-14-4-2-1-3-13(14)15/h1-9,18H,10H2. The van der Waals surface area contributed by atoms with E-state index in [0.29, 0.717) is 0 Å². The van der Waals surface area contributed by atoms with E-state index in [0.717, 1.165) is 26.3 Å². The van der Waals surface area contributed by atoms with Crippen molar-refractivity contribution >= 4 is 22.7 Å². The molecule has 0 saturated carbocycles. The molecule has 2 aromatic carbocycles. The van der Waals surface area contributed by atoms with Crippen LogP contribution in [0.15, 0.2) is 64.5 Å². The normalized spacial score (nSPS) is 10.8. The van der Waals surface area contributed by atoms with Crippen LogP contribution in [0.2, 0.25) is 0 Å². The number of benzene rings is 2. The molecule has 0 bridgehead atoms. The van der Waals surface area contributed by atoms with Gasteiger partial charge in [0, 0.05) is 15.2 Å². The highest BCUT2D eigenvalue weighted by Crippen LogP contribution is 2.32. The van der Waals surface area contributed by atoms with E-state index in [9.17, 15) is 0 Å². The first-order valence-corrected chi connectivity index (χ1v) is 6.76. The molecule has 0 spiro atoms. The minimum absolute atomic E-state index is 0.0741. The zero-order valence-corrected chi connectivity index (χ0v) is 11.0. The van der Waals surface area contributed by atoms with Crippen molar-refractivity contribution in [1.82, 2.24) is 10.2 Å². The molecule has 4 heteroatoms. The molecule has 3 rings (SSSR count). The van der Waals surface area contributed by atoms with Gasteiger partial charge in [-0.3, -0.25) is 0 Å². The molecule has 94 valence electrons. The molecule has 0 atom stereocenters. The summed E-state index contributed by atoms with van der Waals surface area (Å²) in [6, 6.07) is 15.8. The fourth-order valence-electron chi connectivity index (χ4n) is 1.85. The van der Waals surface area contributed by atoms with Gasteiger partial charge in [0.2, 0.25) is 0 Å². The molecule has 1 aromatic heterocycles. The molecule has 0 saturated heterocycles. The fourth-order valence-corrected chi connectivity index (χ4v) is 2.76. The van der Waals surface area contributed by atoms with Gasteiger partial charge in [-0.05, 0) is 23.8 Å². The Morgan fingerprint density at radius 2 is 1.79 bits per heavy atom. The molecule has 0 unspecified atom stereocenters. The highest BCUT2D eigenvalue weighted by atomic mass is 32.2. The van der Waals surface area contributed by atoms with Gasteiger partial charge in [-0.15, -0.1) is 0 Å². The van der Waals surface area contributed by atoms with Gasteiger partial charge in [-0.1, -0.05) is 42.1 Å². The van der Waals surface area contributed by atoms with Crippen LogP contribution in [-0.4, -0.2) is 15.3 Å². The van der Waals surface area contributed by atoms with Gasteiger partial charge in [-0.2, -0.15) is 10.2 Å². The summed E-state index contributed by atoms with van der Waals surface area (Å²) in [6.07, 6.45) is 1.78. The van der Waals surface area contributed by atoms with Crippen molar-refractivity contribution in [3.63, 3.8) is 0 Å². The molecule has 0 aliphatic heterocycles. The van der Waals surface area contributed by atoms with Crippen LogP contribution in [0.4, 0.5) is 0 Å². The zero-order valence-electron chi connectivity index (χ0n) is 10.2. The van der Waals surface area contributed by atoms with E-state index in [1.807, 2.05) is 42.5 Å². The lowest BCUT2D eigenvalue weighted by Crippen LogP contribution is -1.86. The lowest BCUT2D eigenvalue weighted by molar-refractivity contribution is 0.282. The molecule has 1 heterocycles. The van der Waals surface area contributed by atoms with E-state index < -0.39 is 0 Å². The number of fused-ring (bicyclic) bond motifs is 1. The third-order valence-electron chi connectivity index (χ3n) is 2.84. The number of aliphatic hydroxyl groups is 1. The number of rotatable bonds is 3. The van der Waals surface area contributed by atoms with Gasteiger partial charge in [0.15, 0.2) is 0 Å². The molecule has 1 N–H and O–H groups in total. The van der Waals surface area contributed by atoms with Crippen LogP contribution in [0.1, 0.15) is 5.56 Å². The maximum atomic E-state index is 9.03. The Labute approximate surface area is 115 Å². The molecular formula is C15H12N2OS. The SMILES string of the molecule is OCc1ccc(Sc2cnnc3ccccc23)cc1. The Morgan fingerprint density at radius 3 is 2.58 bits per heavy atom. The zero-order chi connectivity index (χ0) is 13.1. The van der Waals surface area contributed by atoms with Crippen molar-refractivity contribution in [2.75, 3.05) is 0 Å². The third kappa shape index (κ3) is 2.59. The van der Waals surface area contributed by atoms with Crippen LogP contribution < -0.4 is 0 Å². The van der Waals surface area contributed by atoms with Crippen LogP contribution in [-0.2, 0) is 6.61 Å². The van der Waals surface area contributed by atoms with Crippen LogP contribution in [0.3, 0.4) is 0 Å². The van der Waals surface area contributed by atoms with Crippen molar-refractivity contribution in [2.45, 2.75) is 16.4 Å². The second kappa shape index (κ2) is 5.38. The van der Waals surface area contributed by atoms with E-state index >= 15 is 0 Å². The maximum Gasteiger partial charge on any atom is 0.0941 e. The minimum atomic E-state index is 0.0741. The van der Waals surface area contributed by atoms with Crippen molar-refractivity contribution in [2.24, 2.45) is 0 Å². The fraction of sp³-hybridized carbons (Fsp3) is 0.0667. The molecule has 3 nitrogen and oxygen atoms in total. The summed E-state index contributed by atoms with van der Waals surface area (Å²) < 4.78 is 0. The number of aliphatic hydroxyl groups excluding tert-OH is 1. The quantitative estimate of drug-likeness (QED) is 0.792. The molecule has 3 aromatic rings. The highest BCUT2D eigenvalue weighted by molar-refractivity contribution is 7.99. The topological polar surface area (TPSA) is 46.0 Å². The van der Waals surface area contributed by atoms with Crippen molar-refractivity contribution in [3.8, 4) is 0 Å². The minimum Gasteiger partial charge on any atom is -0.392 e. The Morgan fingerprint density at radius 1 is 1.00 bits per heavy atom. The monoisotopic (exact) mass is 268 g/mol. The molecule has 0 aliphatic rings. The first kappa shape index (κ1) is 12.1. The van der Waals surface area contributed by atoms with E-state index in [4.69, 9.17) is 5.11 Å². The Balaban J connectivity index is 1.96. The number of hydrogen-bond donors (Lipinski definition) is 1. The van der Waals surface area contributed by atoms with Crippen molar-refractivity contribution in [3.05, 3.63) is 60.3 Å². The van der Waals surface area contributed by atoms with Gasteiger partial charge < -0.3 is 5.11 Å². The van der Waals surface area contributed by atoms with E-state index in [1.165, 1.54) is 0 Å². The smallest absolute Gasteiger partial charge is 0.0941 e. The van der Waals surface area contributed by atoms with E-state index in [2.05, 4.69) is 16.3 Å². The summed E-state index contributed by atoms with van der Waals surface area (Å²) in [4.78, 5) is 2.21. The van der Waals surface area contributed by atoms with Gasteiger partial charge in [0.25, 0.3) is 0 Å². The van der Waals surface area contributed by atoms with Crippen molar-refractivity contribution < 1.29 is 5.11 Å². The molecular weight excluding hydrogens is 256 g/mol. The average Bonchev–Trinajstić information content (AvgIpc) is 2.48. The Hall–Kier alpha value is -1.91. The van der Waals surface area contributed by atoms with E-state index in [1.54, 1.807) is 18.0 Å². The summed E-state index contributed by atoms with van der Waals surface area (Å²) >= 11 is 1.65. The van der Waals surface area contributed by atoms with Crippen LogP contribution in [0.25, 0.3) is 10.9 Å². The summed E-state index contributed by atoms with van der Waals surface area (Å²) in [6.45, 7) is 0.0741. The molecule has 0 aliphatic carbocycles. The largest absolute Gasteiger partial charge is 0.392 e. The third-order valence-corrected chi connectivity index (χ3v) is 3.90. The first-order valence-electron chi connectivity index (χ1n) is 5.95. The first-order chi connectivity index (χ1) is 9.36. The molecule has 19 heavy (non-hydrogen) atoms. The summed E-state index contributed by atoms with van der Waals surface area (Å²) in [7, 11) is 0. The molecule has 0 fully saturated rings. The van der Waals surface area contributed by atoms with Crippen LogP contribution >= 0.6 is 11.8 Å². The summed E-state index contributed by atoms with van der Waals surface area (Å²) in [5.74, 6) is 0. The average molecular weight is 268 g/mol. The lowest BCUT2D eigenvalue weighted by atomic mass is 10.2. The second-order valence-corrected chi connectivity index (χ2v) is 5.25. The number of hydrogen-bond acceptors (Lipinski definition) is 4. The van der Waals surface area contributed by atoms with Crippen LogP contribution in [0.5, 0.6) is 0 Å². The number of aromatic nitrogens is 2. The molecule has 0 amide bonds. The van der Waals surface area contributed by atoms with E-state index in [-0.39, 0.29) is 6.61 Å². The van der Waals surface area contributed by atoms with Gasteiger partial charge in [0.1, 0.15) is 0 Å². The summed E-state index contributed by atoms with van der Waals surface area (Å²) in [5.41, 5.74) is 1.82. The van der Waals surface area contributed by atoms with Gasteiger partial charge in [-0.25, -0.2) is 0 Å². The van der Waals surface area contributed by atoms with Gasteiger partial charge >= 0.3 is 0 Å².